The first-order chi connectivity index (χ1) is 8.04. The lowest BCUT2D eigenvalue weighted by Crippen LogP contribution is -2.27. The van der Waals surface area contributed by atoms with Crippen LogP contribution in [0.5, 0.6) is 0 Å². The molecule has 0 saturated heterocycles. The van der Waals surface area contributed by atoms with Gasteiger partial charge in [0.2, 0.25) is 5.91 Å². The quantitative estimate of drug-likeness (QED) is 0.762. The molecule has 1 amide bonds. The standard InChI is InChI=1S/C11H13FN2O2S/c1-16-6-10(15)14-5-8-3-2-7(11(13)17)4-9(8)12/h2-4H,5-6H2,1H3,(H2,13,17)(H,14,15). The Morgan fingerprint density at radius 2 is 2.29 bits per heavy atom. The van der Waals surface area contributed by atoms with Gasteiger partial charge in [-0.3, -0.25) is 4.79 Å². The second kappa shape index (κ2) is 6.27. The summed E-state index contributed by atoms with van der Waals surface area (Å²) in [4.78, 5) is 11.2. The highest BCUT2D eigenvalue weighted by atomic mass is 32.1. The lowest BCUT2D eigenvalue weighted by atomic mass is 10.1. The van der Waals surface area contributed by atoms with Crippen LogP contribution in [0, 0.1) is 5.82 Å². The van der Waals surface area contributed by atoms with Crippen molar-refractivity contribution in [2.24, 2.45) is 5.73 Å². The van der Waals surface area contributed by atoms with Gasteiger partial charge in [-0.15, -0.1) is 0 Å². The molecule has 0 atom stereocenters. The largest absolute Gasteiger partial charge is 0.389 e. The third kappa shape index (κ3) is 4.08. The summed E-state index contributed by atoms with van der Waals surface area (Å²) in [5, 5.41) is 2.52. The van der Waals surface area contributed by atoms with E-state index in [1.165, 1.54) is 19.2 Å². The molecule has 0 saturated carbocycles. The van der Waals surface area contributed by atoms with E-state index in [2.05, 4.69) is 10.1 Å². The first kappa shape index (κ1) is 13.5. The molecule has 0 bridgehead atoms. The summed E-state index contributed by atoms with van der Waals surface area (Å²) >= 11 is 4.73. The monoisotopic (exact) mass is 256 g/mol. The van der Waals surface area contributed by atoms with Crippen LogP contribution in [0.25, 0.3) is 0 Å². The topological polar surface area (TPSA) is 64.3 Å². The van der Waals surface area contributed by atoms with Crippen LogP contribution in [0.15, 0.2) is 18.2 Å². The van der Waals surface area contributed by atoms with E-state index in [1.54, 1.807) is 6.07 Å². The molecule has 0 unspecified atom stereocenters. The van der Waals surface area contributed by atoms with Crippen LogP contribution < -0.4 is 11.1 Å². The molecule has 0 spiro atoms. The van der Waals surface area contributed by atoms with Gasteiger partial charge < -0.3 is 15.8 Å². The molecule has 1 aromatic carbocycles. The first-order valence-corrected chi connectivity index (χ1v) is 5.29. The Kier molecular flexibility index (Phi) is 4.99. The summed E-state index contributed by atoms with van der Waals surface area (Å²) in [6.07, 6.45) is 0. The molecule has 0 fully saturated rings. The lowest BCUT2D eigenvalue weighted by Gasteiger charge is -2.07. The number of halogens is 1. The van der Waals surface area contributed by atoms with Gasteiger partial charge in [0.25, 0.3) is 0 Å². The summed E-state index contributed by atoms with van der Waals surface area (Å²) in [7, 11) is 1.41. The molecule has 0 aliphatic heterocycles. The normalized spacial score (nSPS) is 10.0. The number of benzene rings is 1. The Bertz CT molecular complexity index is 437. The Balaban J connectivity index is 2.66. The van der Waals surface area contributed by atoms with Crippen molar-refractivity contribution in [2.45, 2.75) is 6.54 Å². The van der Waals surface area contributed by atoms with Crippen molar-refractivity contribution in [1.29, 1.82) is 0 Å². The van der Waals surface area contributed by atoms with Crippen LogP contribution in [0.4, 0.5) is 4.39 Å². The van der Waals surface area contributed by atoms with Crippen LogP contribution in [-0.4, -0.2) is 24.6 Å². The summed E-state index contributed by atoms with van der Waals surface area (Å²) in [5.74, 6) is -0.752. The molecule has 3 N–H and O–H groups in total. The van der Waals surface area contributed by atoms with Crippen molar-refractivity contribution >= 4 is 23.1 Å². The number of rotatable bonds is 5. The fraction of sp³-hybridized carbons (Fsp3) is 0.273. The molecule has 0 radical (unpaired) electrons. The van der Waals surface area contributed by atoms with E-state index in [0.29, 0.717) is 11.1 Å². The van der Waals surface area contributed by atoms with E-state index in [-0.39, 0.29) is 24.0 Å². The van der Waals surface area contributed by atoms with Crippen molar-refractivity contribution in [2.75, 3.05) is 13.7 Å². The fourth-order valence-electron chi connectivity index (χ4n) is 1.22. The molecule has 1 rings (SSSR count). The van der Waals surface area contributed by atoms with E-state index < -0.39 is 5.82 Å². The summed E-state index contributed by atoms with van der Waals surface area (Å²) in [5.41, 5.74) is 6.21. The van der Waals surface area contributed by atoms with Crippen LogP contribution in [0.2, 0.25) is 0 Å². The van der Waals surface area contributed by atoms with E-state index in [4.69, 9.17) is 18.0 Å². The second-order valence-electron chi connectivity index (χ2n) is 3.38. The maximum Gasteiger partial charge on any atom is 0.246 e. The van der Waals surface area contributed by atoms with Gasteiger partial charge in [0.15, 0.2) is 0 Å². The molecule has 0 aliphatic carbocycles. The summed E-state index contributed by atoms with van der Waals surface area (Å²) in [6.45, 7) is 0.0538. The minimum Gasteiger partial charge on any atom is -0.389 e. The zero-order valence-electron chi connectivity index (χ0n) is 9.33. The Morgan fingerprint density at radius 1 is 1.59 bits per heavy atom. The molecule has 92 valence electrons. The maximum absolute atomic E-state index is 13.5. The van der Waals surface area contributed by atoms with Gasteiger partial charge in [0, 0.05) is 24.8 Å². The molecular formula is C11H13FN2O2S. The molecule has 0 aromatic heterocycles. The van der Waals surface area contributed by atoms with Crippen molar-refractivity contribution < 1.29 is 13.9 Å². The average molecular weight is 256 g/mol. The Morgan fingerprint density at radius 3 is 2.82 bits per heavy atom. The Hall–Kier alpha value is -1.53. The number of ether oxygens (including phenoxy) is 1. The lowest BCUT2D eigenvalue weighted by molar-refractivity contribution is -0.124. The van der Waals surface area contributed by atoms with E-state index >= 15 is 0 Å². The second-order valence-corrected chi connectivity index (χ2v) is 3.82. The zero-order chi connectivity index (χ0) is 12.8. The van der Waals surface area contributed by atoms with Crippen molar-refractivity contribution in [3.05, 3.63) is 35.1 Å². The predicted molar refractivity (Wildman–Crippen MR) is 66.0 cm³/mol. The smallest absolute Gasteiger partial charge is 0.246 e. The van der Waals surface area contributed by atoms with Gasteiger partial charge in [-0.05, 0) is 6.07 Å². The summed E-state index contributed by atoms with van der Waals surface area (Å²) < 4.78 is 18.2. The van der Waals surface area contributed by atoms with Crippen LogP contribution in [0.3, 0.4) is 0 Å². The minimum absolute atomic E-state index is 0.0490. The van der Waals surface area contributed by atoms with E-state index in [1.807, 2.05) is 0 Å². The third-order valence-electron chi connectivity index (χ3n) is 2.09. The third-order valence-corrected chi connectivity index (χ3v) is 2.32. The Labute approximate surface area is 104 Å². The van der Waals surface area contributed by atoms with E-state index in [9.17, 15) is 9.18 Å². The number of carbonyl (C=O) groups is 1. The highest BCUT2D eigenvalue weighted by molar-refractivity contribution is 7.80. The molecule has 0 heterocycles. The molecule has 4 nitrogen and oxygen atoms in total. The highest BCUT2D eigenvalue weighted by Gasteiger charge is 2.06. The average Bonchev–Trinajstić information content (AvgIpc) is 2.27. The molecular weight excluding hydrogens is 243 g/mol. The van der Waals surface area contributed by atoms with Gasteiger partial charge >= 0.3 is 0 Å². The number of hydrogen-bond donors (Lipinski definition) is 2. The summed E-state index contributed by atoms with van der Waals surface area (Å²) in [6, 6.07) is 4.40. The molecule has 17 heavy (non-hydrogen) atoms. The van der Waals surface area contributed by atoms with Crippen molar-refractivity contribution in [3.8, 4) is 0 Å². The van der Waals surface area contributed by atoms with Crippen molar-refractivity contribution in [1.82, 2.24) is 5.32 Å². The number of thiocarbonyl (C=S) groups is 1. The van der Waals surface area contributed by atoms with E-state index in [0.717, 1.165) is 0 Å². The molecule has 1 aromatic rings. The van der Waals surface area contributed by atoms with Gasteiger partial charge in [0.05, 0.1) is 0 Å². The maximum atomic E-state index is 13.5. The van der Waals surface area contributed by atoms with Gasteiger partial charge in [-0.25, -0.2) is 4.39 Å². The number of carbonyl (C=O) groups excluding carboxylic acids is 1. The number of nitrogens with one attached hydrogen (secondary N) is 1. The molecule has 0 aliphatic rings. The number of nitrogens with two attached hydrogens (primary N) is 1. The fourth-order valence-corrected chi connectivity index (χ4v) is 1.35. The number of methoxy groups -OCH3 is 1. The number of amides is 1. The molecule has 6 heteroatoms. The van der Waals surface area contributed by atoms with Crippen molar-refractivity contribution in [3.63, 3.8) is 0 Å². The van der Waals surface area contributed by atoms with Gasteiger partial charge in [-0.1, -0.05) is 24.4 Å². The SMILES string of the molecule is COCC(=O)NCc1ccc(C(N)=S)cc1F. The number of hydrogen-bond acceptors (Lipinski definition) is 3. The van der Waals surface area contributed by atoms with Crippen LogP contribution >= 0.6 is 12.2 Å². The first-order valence-electron chi connectivity index (χ1n) is 4.88. The predicted octanol–water partition coefficient (Wildman–Crippen LogP) is 0.723. The minimum atomic E-state index is -0.451. The zero-order valence-corrected chi connectivity index (χ0v) is 10.1. The van der Waals surface area contributed by atoms with Gasteiger partial charge in [-0.2, -0.15) is 0 Å². The van der Waals surface area contributed by atoms with Crippen LogP contribution in [0.1, 0.15) is 11.1 Å². The highest BCUT2D eigenvalue weighted by Crippen LogP contribution is 2.10. The van der Waals surface area contributed by atoms with Crippen LogP contribution in [-0.2, 0) is 16.1 Å². The van der Waals surface area contributed by atoms with Gasteiger partial charge in [0.1, 0.15) is 17.4 Å².